The molecule has 4 aromatic rings. The highest BCUT2D eigenvalue weighted by Gasteiger charge is 2.50. The number of para-hydroxylation sites is 4. The molecule has 288 valence electrons. The summed E-state index contributed by atoms with van der Waals surface area (Å²) in [6.07, 6.45) is -3.07. The van der Waals surface area contributed by atoms with Crippen molar-refractivity contribution < 1.29 is 54.9 Å². The SMILES string of the molecule is CC(=O)OC(=O)C(F)(F)F.Cc1ccn2c1C1(CCN(C(=O)C(F)(F)F)CC1)Oc1ccccc1-2.Cc1ccn2c1C1(CCNCC1)Oc1ccccc1-2. The molecule has 54 heavy (non-hydrogen) atoms. The lowest BCUT2D eigenvalue weighted by molar-refractivity contribution is -0.201. The average Bonchev–Trinajstić information content (AvgIpc) is 3.72. The van der Waals surface area contributed by atoms with Crippen LogP contribution < -0.4 is 14.8 Å². The Morgan fingerprint density at radius 2 is 1.13 bits per heavy atom. The lowest BCUT2D eigenvalue weighted by atomic mass is 9.84. The Morgan fingerprint density at radius 3 is 1.54 bits per heavy atom. The molecule has 0 atom stereocenters. The molecule has 6 heterocycles. The number of benzene rings is 2. The van der Waals surface area contributed by atoms with Crippen LogP contribution in [0.1, 0.15) is 55.1 Å². The molecule has 2 spiro atoms. The van der Waals surface area contributed by atoms with Crippen LogP contribution in [-0.4, -0.2) is 70.4 Å². The molecule has 2 aromatic carbocycles. The highest BCUT2D eigenvalue weighted by molar-refractivity contribution is 5.87. The summed E-state index contributed by atoms with van der Waals surface area (Å²) >= 11 is 0. The molecule has 0 bridgehead atoms. The number of nitrogens with zero attached hydrogens (tertiary/aromatic N) is 3. The Kier molecular flexibility index (Phi) is 10.4. The number of carbonyl (C=O) groups excluding carboxylic acids is 3. The van der Waals surface area contributed by atoms with Gasteiger partial charge in [0.25, 0.3) is 0 Å². The largest absolute Gasteiger partial charge is 0.491 e. The van der Waals surface area contributed by atoms with Crippen LogP contribution in [0.15, 0.2) is 73.1 Å². The first kappa shape index (κ1) is 38.5. The Labute approximate surface area is 306 Å². The molecule has 2 saturated heterocycles. The summed E-state index contributed by atoms with van der Waals surface area (Å²) in [4.78, 5) is 31.8. The van der Waals surface area contributed by atoms with Gasteiger partial charge in [-0.25, -0.2) is 4.79 Å². The van der Waals surface area contributed by atoms with E-state index in [1.807, 2.05) is 43.5 Å². The minimum Gasteiger partial charge on any atom is -0.479 e. The molecular formula is C38H38F6N4O6. The third kappa shape index (κ3) is 7.43. The molecule has 0 saturated carbocycles. The van der Waals surface area contributed by atoms with Crippen molar-refractivity contribution >= 4 is 17.8 Å². The number of alkyl halides is 6. The van der Waals surface area contributed by atoms with Gasteiger partial charge in [0.05, 0.1) is 22.8 Å². The Balaban J connectivity index is 0.000000152. The van der Waals surface area contributed by atoms with Crippen LogP contribution in [-0.2, 0) is 30.3 Å². The van der Waals surface area contributed by atoms with Crippen LogP contribution in [0.5, 0.6) is 11.5 Å². The molecule has 2 fully saturated rings. The molecule has 1 amide bonds. The average molecular weight is 761 g/mol. The van der Waals surface area contributed by atoms with Gasteiger partial charge in [-0.3, -0.25) is 9.59 Å². The second-order valence-corrected chi connectivity index (χ2v) is 13.5. The first-order chi connectivity index (χ1) is 25.5. The van der Waals surface area contributed by atoms with Crippen LogP contribution in [0.2, 0.25) is 0 Å². The van der Waals surface area contributed by atoms with Gasteiger partial charge in [-0.15, -0.1) is 0 Å². The maximum atomic E-state index is 12.7. The summed E-state index contributed by atoms with van der Waals surface area (Å²) in [7, 11) is 0. The molecule has 0 aliphatic carbocycles. The topological polar surface area (TPSA) is 104 Å². The van der Waals surface area contributed by atoms with E-state index in [9.17, 15) is 40.7 Å². The Hall–Kier alpha value is -5.25. The Morgan fingerprint density at radius 1 is 0.685 bits per heavy atom. The monoisotopic (exact) mass is 760 g/mol. The molecule has 4 aliphatic rings. The maximum absolute atomic E-state index is 12.7. The van der Waals surface area contributed by atoms with Crippen LogP contribution in [0, 0.1) is 13.8 Å². The standard InChI is InChI=1S/C18H17F3N2O2.C16H18N2O.C4H3F3O3/c1-12-6-9-23-13-4-2-3-5-14(13)25-17(15(12)23)7-10-22(11-8-17)16(24)18(19,20)21;1-12-6-11-18-13-4-2-3-5-14(13)19-16(15(12)18)7-9-17-10-8-16;1-2(8)10-3(9)4(5,6)7/h2-6,9H,7-8,10-11H2,1H3;2-6,11,17H,7-10H2,1H3;1H3. The first-order valence-electron chi connectivity index (χ1n) is 17.3. The van der Waals surface area contributed by atoms with Gasteiger partial charge in [-0.05, 0) is 74.5 Å². The van der Waals surface area contributed by atoms with E-state index in [1.165, 1.54) is 11.3 Å². The third-order valence-corrected chi connectivity index (χ3v) is 9.88. The van der Waals surface area contributed by atoms with Crippen molar-refractivity contribution in [2.75, 3.05) is 26.2 Å². The number of halogens is 6. The van der Waals surface area contributed by atoms with Crippen molar-refractivity contribution in [2.45, 2.75) is 70.0 Å². The van der Waals surface area contributed by atoms with E-state index in [4.69, 9.17) is 9.47 Å². The zero-order chi connectivity index (χ0) is 39.1. The number of amides is 1. The van der Waals surface area contributed by atoms with Gasteiger partial charge in [-0.2, -0.15) is 26.3 Å². The predicted molar refractivity (Wildman–Crippen MR) is 182 cm³/mol. The molecule has 4 aliphatic heterocycles. The second-order valence-electron chi connectivity index (χ2n) is 13.5. The number of ether oxygens (including phenoxy) is 3. The first-order valence-corrected chi connectivity index (χ1v) is 17.3. The number of nitrogens with one attached hydrogen (secondary N) is 1. The molecule has 0 unspecified atom stereocenters. The molecule has 2 aromatic heterocycles. The van der Waals surface area contributed by atoms with Crippen molar-refractivity contribution in [3.8, 4) is 22.9 Å². The smallest absolute Gasteiger partial charge is 0.479 e. The molecule has 16 heteroatoms. The van der Waals surface area contributed by atoms with E-state index >= 15 is 0 Å². The van der Waals surface area contributed by atoms with Crippen molar-refractivity contribution in [3.05, 3.63) is 95.6 Å². The lowest BCUT2D eigenvalue weighted by Gasteiger charge is -2.45. The van der Waals surface area contributed by atoms with Gasteiger partial charge in [0.15, 0.2) is 11.2 Å². The normalized spacial score (nSPS) is 17.5. The van der Waals surface area contributed by atoms with Crippen molar-refractivity contribution in [1.29, 1.82) is 0 Å². The van der Waals surface area contributed by atoms with Crippen LogP contribution in [0.25, 0.3) is 11.4 Å². The third-order valence-electron chi connectivity index (χ3n) is 9.88. The van der Waals surface area contributed by atoms with Crippen molar-refractivity contribution in [1.82, 2.24) is 19.4 Å². The van der Waals surface area contributed by atoms with E-state index in [2.05, 4.69) is 62.6 Å². The van der Waals surface area contributed by atoms with Gasteiger partial charge in [0, 0.05) is 58.1 Å². The fraction of sp³-hybridized carbons (Fsp3) is 0.395. The minimum absolute atomic E-state index is 0.0190. The predicted octanol–water partition coefficient (Wildman–Crippen LogP) is 6.95. The number of likely N-dealkylation sites (tertiary alicyclic amines) is 1. The van der Waals surface area contributed by atoms with E-state index in [0.717, 1.165) is 59.2 Å². The lowest BCUT2D eigenvalue weighted by Crippen LogP contribution is -2.52. The number of esters is 2. The summed E-state index contributed by atoms with van der Waals surface area (Å²) in [6, 6.07) is 20.1. The quantitative estimate of drug-likeness (QED) is 0.118. The Bertz CT molecular complexity index is 2040. The van der Waals surface area contributed by atoms with Crippen LogP contribution in [0.4, 0.5) is 26.3 Å². The second kappa shape index (κ2) is 14.5. The van der Waals surface area contributed by atoms with Gasteiger partial charge in [0.2, 0.25) is 0 Å². The van der Waals surface area contributed by atoms with E-state index in [0.29, 0.717) is 25.5 Å². The van der Waals surface area contributed by atoms with Crippen LogP contribution >= 0.6 is 0 Å². The van der Waals surface area contributed by atoms with Crippen LogP contribution in [0.3, 0.4) is 0 Å². The number of aromatic nitrogens is 2. The number of piperidine rings is 2. The van der Waals surface area contributed by atoms with Gasteiger partial charge in [-0.1, -0.05) is 24.3 Å². The molecule has 8 rings (SSSR count). The molecule has 1 N–H and O–H groups in total. The zero-order valence-electron chi connectivity index (χ0n) is 29.6. The minimum atomic E-state index is -5.09. The van der Waals surface area contributed by atoms with Gasteiger partial charge in [0.1, 0.15) is 11.5 Å². The van der Waals surface area contributed by atoms with Gasteiger partial charge < -0.3 is 33.6 Å². The summed E-state index contributed by atoms with van der Waals surface area (Å²) in [5.41, 5.74) is 5.90. The summed E-state index contributed by atoms with van der Waals surface area (Å²) in [5, 5.41) is 3.43. The summed E-state index contributed by atoms with van der Waals surface area (Å²) < 4.78 is 92.0. The van der Waals surface area contributed by atoms with Gasteiger partial charge >= 0.3 is 30.2 Å². The molecular weight excluding hydrogens is 722 g/mol. The number of fused-ring (bicyclic) bond motifs is 8. The van der Waals surface area contributed by atoms with Crippen molar-refractivity contribution in [2.24, 2.45) is 0 Å². The summed E-state index contributed by atoms with van der Waals surface area (Å²) in [6.45, 7) is 6.95. The fourth-order valence-corrected chi connectivity index (χ4v) is 7.57. The zero-order valence-corrected chi connectivity index (χ0v) is 29.6. The number of carbonyl (C=O) groups is 3. The number of rotatable bonds is 0. The molecule has 10 nitrogen and oxygen atoms in total. The van der Waals surface area contributed by atoms with Crippen molar-refractivity contribution in [3.63, 3.8) is 0 Å². The molecule has 0 radical (unpaired) electrons. The number of hydrogen-bond donors (Lipinski definition) is 1. The summed E-state index contributed by atoms with van der Waals surface area (Å²) in [5.74, 6) is -3.82. The fourth-order valence-electron chi connectivity index (χ4n) is 7.57. The number of aryl methyl sites for hydroxylation is 2. The van der Waals surface area contributed by atoms with E-state index in [1.54, 1.807) is 0 Å². The highest BCUT2D eigenvalue weighted by atomic mass is 19.4. The van der Waals surface area contributed by atoms with E-state index in [-0.39, 0.29) is 18.7 Å². The maximum Gasteiger partial charge on any atom is 0.491 e. The highest BCUT2D eigenvalue weighted by Crippen LogP contribution is 2.47. The number of hydrogen-bond acceptors (Lipinski definition) is 7. The van der Waals surface area contributed by atoms with E-state index < -0.39 is 35.8 Å².